The minimum Gasteiger partial charge on any atom is -0.490 e. The first-order chi connectivity index (χ1) is 7.79. The lowest BCUT2D eigenvalue weighted by molar-refractivity contribution is 0.210. The van der Waals surface area contributed by atoms with Gasteiger partial charge in [-0.15, -0.1) is 0 Å². The van der Waals surface area contributed by atoms with Crippen molar-refractivity contribution in [2.45, 2.75) is 38.7 Å². The van der Waals surface area contributed by atoms with Gasteiger partial charge in [0.2, 0.25) is 0 Å². The third-order valence-corrected chi connectivity index (χ3v) is 3.31. The minimum atomic E-state index is 0.406. The Morgan fingerprint density at radius 2 is 2.12 bits per heavy atom. The van der Waals surface area contributed by atoms with Gasteiger partial charge in [0.25, 0.3) is 0 Å². The van der Waals surface area contributed by atoms with Gasteiger partial charge in [-0.1, -0.05) is 12.1 Å². The van der Waals surface area contributed by atoms with Gasteiger partial charge in [0.15, 0.2) is 0 Å². The molecule has 0 heterocycles. The summed E-state index contributed by atoms with van der Waals surface area (Å²) in [6.45, 7) is 1.95. The molecular weight excluding hydrogens is 218 g/mol. The largest absolute Gasteiger partial charge is 0.490 e. The average Bonchev–Trinajstić information content (AvgIpc) is 2.81. The molecule has 2 nitrogen and oxygen atoms in total. The molecule has 0 spiro atoms. The Bertz CT molecular complexity index is 383. The van der Waals surface area contributed by atoms with Crippen LogP contribution in [0.5, 0.6) is 5.75 Å². The lowest BCUT2D eigenvalue weighted by atomic mass is 10.1. The summed E-state index contributed by atoms with van der Waals surface area (Å²) in [5.74, 6) is 0.945. The molecule has 16 heavy (non-hydrogen) atoms. The monoisotopic (exact) mass is 235 g/mol. The van der Waals surface area contributed by atoms with Crippen molar-refractivity contribution in [1.82, 2.24) is 0 Å². The fraction of sp³-hybridized carbons (Fsp3) is 0.462. The molecule has 1 aliphatic carbocycles. The van der Waals surface area contributed by atoms with Crippen LogP contribution in [0.3, 0.4) is 0 Å². The second-order valence-electron chi connectivity index (χ2n) is 4.24. The van der Waals surface area contributed by atoms with Crippen LogP contribution < -0.4 is 4.74 Å². The highest BCUT2D eigenvalue weighted by Gasteiger charge is 2.16. The third kappa shape index (κ3) is 2.79. The van der Waals surface area contributed by atoms with Gasteiger partial charge in [0.1, 0.15) is 5.75 Å². The summed E-state index contributed by atoms with van der Waals surface area (Å²) in [4.78, 5) is 0. The van der Waals surface area contributed by atoms with Gasteiger partial charge in [0, 0.05) is 0 Å². The van der Waals surface area contributed by atoms with Gasteiger partial charge in [-0.25, -0.2) is 4.40 Å². The summed E-state index contributed by atoms with van der Waals surface area (Å²) in [5.41, 5.74) is 1.99. The molecule has 0 atom stereocenters. The van der Waals surface area contributed by atoms with E-state index in [9.17, 15) is 0 Å². The molecule has 0 aliphatic heterocycles. The Labute approximate surface area is 102 Å². The maximum atomic E-state index is 5.93. The van der Waals surface area contributed by atoms with Crippen molar-refractivity contribution >= 4 is 18.5 Å². The summed E-state index contributed by atoms with van der Waals surface area (Å²) in [5, 5.41) is 0. The van der Waals surface area contributed by atoms with Gasteiger partial charge in [-0.05, 0) is 63.1 Å². The van der Waals surface area contributed by atoms with Crippen LogP contribution in [0.15, 0.2) is 28.7 Å². The summed E-state index contributed by atoms with van der Waals surface area (Å²) in [6.07, 6.45) is 5.36. The Hall–Kier alpha value is -0.960. The Balaban J connectivity index is 2.09. The van der Waals surface area contributed by atoms with Crippen LogP contribution in [0.4, 0.5) is 0 Å². The van der Waals surface area contributed by atoms with Crippen molar-refractivity contribution in [3.8, 4) is 5.75 Å². The number of benzene rings is 1. The van der Waals surface area contributed by atoms with Crippen LogP contribution in [0, 0.1) is 0 Å². The van der Waals surface area contributed by atoms with Crippen LogP contribution in [-0.4, -0.2) is 11.8 Å². The van der Waals surface area contributed by atoms with Crippen molar-refractivity contribution in [1.29, 1.82) is 0 Å². The average molecular weight is 235 g/mol. The van der Waals surface area contributed by atoms with Crippen molar-refractivity contribution in [2.24, 2.45) is 4.40 Å². The van der Waals surface area contributed by atoms with E-state index in [2.05, 4.69) is 17.2 Å². The highest BCUT2D eigenvalue weighted by atomic mass is 32.1. The number of thiol groups is 1. The topological polar surface area (TPSA) is 21.6 Å². The fourth-order valence-electron chi connectivity index (χ4n) is 2.05. The molecule has 1 fully saturated rings. The summed E-state index contributed by atoms with van der Waals surface area (Å²) < 4.78 is 9.82. The number of hydrogen-bond acceptors (Lipinski definition) is 3. The first-order valence-corrected chi connectivity index (χ1v) is 6.15. The lowest BCUT2D eigenvalue weighted by Crippen LogP contribution is -2.11. The molecule has 2 rings (SSSR count). The van der Waals surface area contributed by atoms with E-state index in [0.717, 1.165) is 17.0 Å². The van der Waals surface area contributed by atoms with Crippen LogP contribution in [0.25, 0.3) is 0 Å². The van der Waals surface area contributed by atoms with Gasteiger partial charge < -0.3 is 4.74 Å². The maximum Gasteiger partial charge on any atom is 0.120 e. The third-order valence-electron chi connectivity index (χ3n) is 3.01. The molecule has 0 aromatic heterocycles. The number of rotatable bonds is 3. The number of nitrogens with zero attached hydrogens (tertiary/aromatic N) is 1. The zero-order valence-electron chi connectivity index (χ0n) is 9.52. The van der Waals surface area contributed by atoms with Gasteiger partial charge in [0.05, 0.1) is 11.8 Å². The lowest BCUT2D eigenvalue weighted by Gasteiger charge is -2.13. The molecule has 0 N–H and O–H groups in total. The van der Waals surface area contributed by atoms with Gasteiger partial charge >= 0.3 is 0 Å². The quantitative estimate of drug-likeness (QED) is 0.626. The van der Waals surface area contributed by atoms with Crippen LogP contribution in [0.1, 0.15) is 38.2 Å². The first-order valence-electron chi connectivity index (χ1n) is 5.75. The SMILES string of the molecule is C/C(=N/S)c1cccc(OC2CCCC2)c1. The predicted octanol–water partition coefficient (Wildman–Crippen LogP) is 3.66. The second kappa shape index (κ2) is 5.39. The van der Waals surface area contributed by atoms with E-state index in [1.807, 2.05) is 31.2 Å². The molecule has 0 saturated heterocycles. The van der Waals surface area contributed by atoms with E-state index in [4.69, 9.17) is 4.74 Å². The zero-order valence-corrected chi connectivity index (χ0v) is 10.4. The van der Waals surface area contributed by atoms with Crippen molar-refractivity contribution in [3.63, 3.8) is 0 Å². The normalized spacial score (nSPS) is 17.8. The molecule has 1 aromatic carbocycles. The highest BCUT2D eigenvalue weighted by molar-refractivity contribution is 7.79. The highest BCUT2D eigenvalue weighted by Crippen LogP contribution is 2.24. The molecule has 0 radical (unpaired) electrons. The van der Waals surface area contributed by atoms with E-state index in [1.54, 1.807) is 0 Å². The van der Waals surface area contributed by atoms with Gasteiger partial charge in [-0.3, -0.25) is 0 Å². The van der Waals surface area contributed by atoms with Crippen molar-refractivity contribution < 1.29 is 4.74 Å². The molecule has 0 bridgehead atoms. The van der Waals surface area contributed by atoms with E-state index >= 15 is 0 Å². The Morgan fingerprint density at radius 3 is 2.81 bits per heavy atom. The number of ether oxygens (including phenoxy) is 1. The fourth-order valence-corrected chi connectivity index (χ4v) is 2.17. The van der Waals surface area contributed by atoms with Crippen LogP contribution in [0.2, 0.25) is 0 Å². The molecule has 0 unspecified atom stereocenters. The van der Waals surface area contributed by atoms with E-state index < -0.39 is 0 Å². The van der Waals surface area contributed by atoms with Crippen molar-refractivity contribution in [2.75, 3.05) is 0 Å². The van der Waals surface area contributed by atoms with E-state index in [0.29, 0.717) is 6.10 Å². The summed E-state index contributed by atoms with van der Waals surface area (Å²) in [6, 6.07) is 8.07. The van der Waals surface area contributed by atoms with Crippen LogP contribution in [-0.2, 0) is 0 Å². The molecule has 86 valence electrons. The predicted molar refractivity (Wildman–Crippen MR) is 70.5 cm³/mol. The van der Waals surface area contributed by atoms with Gasteiger partial charge in [-0.2, -0.15) is 0 Å². The Morgan fingerprint density at radius 1 is 1.38 bits per heavy atom. The summed E-state index contributed by atoms with van der Waals surface area (Å²) in [7, 11) is 0. The first kappa shape index (κ1) is 11.5. The molecule has 0 amide bonds. The van der Waals surface area contributed by atoms with E-state index in [1.165, 1.54) is 25.7 Å². The minimum absolute atomic E-state index is 0.406. The maximum absolute atomic E-state index is 5.93. The van der Waals surface area contributed by atoms with Crippen molar-refractivity contribution in [3.05, 3.63) is 29.8 Å². The smallest absolute Gasteiger partial charge is 0.120 e. The second-order valence-corrected chi connectivity index (χ2v) is 4.44. The van der Waals surface area contributed by atoms with E-state index in [-0.39, 0.29) is 0 Å². The zero-order chi connectivity index (χ0) is 11.4. The molecule has 1 aliphatic rings. The number of hydrogen-bond donors (Lipinski definition) is 1. The molecule has 1 aromatic rings. The van der Waals surface area contributed by atoms with Crippen LogP contribution >= 0.6 is 12.8 Å². The standard InChI is InChI=1S/C13H17NOS/c1-10(14-16)11-5-4-8-13(9-11)15-12-6-2-3-7-12/h4-5,8-9,12,16H,2-3,6-7H2,1H3/b14-10-. The summed E-state index contributed by atoms with van der Waals surface area (Å²) >= 11 is 3.92. The molecular formula is C13H17NOS. The molecule has 1 saturated carbocycles. The Kier molecular flexibility index (Phi) is 3.88. The molecule has 3 heteroatoms.